The third kappa shape index (κ3) is 3.42. The molecule has 1 aliphatic heterocycles. The highest BCUT2D eigenvalue weighted by Gasteiger charge is 2.35. The number of H-pyrrole nitrogens is 1. The molecule has 1 fully saturated rings. The van der Waals surface area contributed by atoms with Crippen LogP contribution in [0.15, 0.2) is 48.5 Å². The molecule has 30 heavy (non-hydrogen) atoms. The average molecular weight is 404 g/mol. The number of carbonyl (C=O) groups excluding carboxylic acids is 1. The molecule has 156 valence electrons. The summed E-state index contributed by atoms with van der Waals surface area (Å²) in [6.45, 7) is 0.712. The number of rotatable bonds is 3. The molecule has 1 aromatic heterocycles. The Balaban J connectivity index is 1.53. The van der Waals surface area contributed by atoms with Crippen LogP contribution in [0.3, 0.4) is 0 Å². The summed E-state index contributed by atoms with van der Waals surface area (Å²) in [6, 6.07) is 16.7. The molecule has 1 aliphatic carbocycles. The predicted octanol–water partition coefficient (Wildman–Crippen LogP) is 5.17. The number of carbonyl (C=O) groups is 1. The van der Waals surface area contributed by atoms with Gasteiger partial charge in [-0.15, -0.1) is 0 Å². The maximum absolute atomic E-state index is 13.4. The molecule has 3 aromatic rings. The first-order valence-electron chi connectivity index (χ1n) is 11.0. The standard InChI is InChI=1S/C25H29N3O2/c1-30-19-13-11-17(12-14-19)24-23-21(20-9-5-6-10-22(20)27-23)15-16-28(24)25(29)26-18-7-3-2-4-8-18/h5-6,9-14,18,24,27H,2-4,7-8,15-16H2,1H3,(H,26,29). The maximum Gasteiger partial charge on any atom is 0.318 e. The third-order valence-electron chi connectivity index (χ3n) is 6.66. The van der Waals surface area contributed by atoms with E-state index in [1.54, 1.807) is 7.11 Å². The number of hydrogen-bond donors (Lipinski definition) is 2. The molecular formula is C25H29N3O2. The molecule has 1 unspecified atom stereocenters. The van der Waals surface area contributed by atoms with Gasteiger partial charge in [0.15, 0.2) is 0 Å². The summed E-state index contributed by atoms with van der Waals surface area (Å²) >= 11 is 0. The second-order valence-corrected chi connectivity index (χ2v) is 8.47. The summed E-state index contributed by atoms with van der Waals surface area (Å²) in [7, 11) is 1.68. The number of ether oxygens (including phenoxy) is 1. The molecule has 2 heterocycles. The summed E-state index contributed by atoms with van der Waals surface area (Å²) in [6.07, 6.45) is 6.74. The van der Waals surface area contributed by atoms with Gasteiger partial charge in [-0.3, -0.25) is 0 Å². The minimum absolute atomic E-state index is 0.0482. The molecular weight excluding hydrogens is 374 g/mol. The highest BCUT2D eigenvalue weighted by atomic mass is 16.5. The van der Waals surface area contributed by atoms with E-state index < -0.39 is 0 Å². The molecule has 5 heteroatoms. The fraction of sp³-hybridized carbons (Fsp3) is 0.400. The first-order valence-corrected chi connectivity index (χ1v) is 11.0. The summed E-state index contributed by atoms with van der Waals surface area (Å²) in [4.78, 5) is 19.0. The van der Waals surface area contributed by atoms with E-state index in [2.05, 4.69) is 46.7 Å². The van der Waals surface area contributed by atoms with Crippen molar-refractivity contribution in [1.82, 2.24) is 15.2 Å². The van der Waals surface area contributed by atoms with Crippen molar-refractivity contribution in [2.45, 2.75) is 50.6 Å². The van der Waals surface area contributed by atoms with Gasteiger partial charge in [0.1, 0.15) is 5.75 Å². The van der Waals surface area contributed by atoms with Gasteiger partial charge in [0, 0.05) is 29.2 Å². The van der Waals surface area contributed by atoms with Crippen molar-refractivity contribution in [3.05, 3.63) is 65.4 Å². The van der Waals surface area contributed by atoms with Crippen LogP contribution in [0.5, 0.6) is 5.75 Å². The number of benzene rings is 2. The van der Waals surface area contributed by atoms with Crippen LogP contribution in [-0.4, -0.2) is 35.6 Å². The summed E-state index contributed by atoms with van der Waals surface area (Å²) < 4.78 is 5.35. The number of aromatic amines is 1. The Labute approximate surface area is 177 Å². The molecule has 0 spiro atoms. The Kier molecular flexibility index (Phi) is 5.11. The quantitative estimate of drug-likeness (QED) is 0.634. The normalized spacial score (nSPS) is 19.5. The lowest BCUT2D eigenvalue weighted by Crippen LogP contribution is -2.49. The summed E-state index contributed by atoms with van der Waals surface area (Å²) in [5, 5.41) is 4.59. The number of fused-ring (bicyclic) bond motifs is 3. The van der Waals surface area contributed by atoms with Gasteiger partial charge < -0.3 is 19.9 Å². The Morgan fingerprint density at radius 1 is 1.07 bits per heavy atom. The molecule has 2 N–H and O–H groups in total. The lowest BCUT2D eigenvalue weighted by molar-refractivity contribution is 0.172. The van der Waals surface area contributed by atoms with Crippen molar-refractivity contribution in [2.75, 3.05) is 13.7 Å². The zero-order valence-corrected chi connectivity index (χ0v) is 17.5. The van der Waals surface area contributed by atoms with E-state index in [9.17, 15) is 4.79 Å². The van der Waals surface area contributed by atoms with E-state index in [0.717, 1.165) is 41.8 Å². The Morgan fingerprint density at radius 2 is 1.83 bits per heavy atom. The molecule has 2 aromatic carbocycles. The Hall–Kier alpha value is -2.95. The number of hydrogen-bond acceptors (Lipinski definition) is 2. The van der Waals surface area contributed by atoms with Crippen LogP contribution in [0, 0.1) is 0 Å². The van der Waals surface area contributed by atoms with Crippen molar-refractivity contribution in [1.29, 1.82) is 0 Å². The van der Waals surface area contributed by atoms with E-state index in [1.165, 1.54) is 30.2 Å². The molecule has 2 amide bonds. The van der Waals surface area contributed by atoms with Crippen molar-refractivity contribution in [2.24, 2.45) is 0 Å². The summed E-state index contributed by atoms with van der Waals surface area (Å²) in [5.41, 5.74) is 4.69. The van der Waals surface area contributed by atoms with Crippen LogP contribution in [0.4, 0.5) is 4.79 Å². The second kappa shape index (κ2) is 8.05. The van der Waals surface area contributed by atoms with E-state index in [4.69, 9.17) is 4.74 Å². The monoisotopic (exact) mass is 403 g/mol. The second-order valence-electron chi connectivity index (χ2n) is 8.47. The van der Waals surface area contributed by atoms with Gasteiger partial charge >= 0.3 is 6.03 Å². The van der Waals surface area contributed by atoms with Gasteiger partial charge in [-0.2, -0.15) is 0 Å². The first kappa shape index (κ1) is 19.0. The molecule has 0 radical (unpaired) electrons. The molecule has 2 aliphatic rings. The van der Waals surface area contributed by atoms with Crippen LogP contribution in [0.1, 0.15) is 55.0 Å². The minimum atomic E-state index is -0.129. The van der Waals surface area contributed by atoms with Gasteiger partial charge in [-0.25, -0.2) is 4.79 Å². The smallest absolute Gasteiger partial charge is 0.318 e. The number of nitrogens with one attached hydrogen (secondary N) is 2. The van der Waals surface area contributed by atoms with Crippen LogP contribution in [0.25, 0.3) is 10.9 Å². The predicted molar refractivity (Wildman–Crippen MR) is 119 cm³/mol. The minimum Gasteiger partial charge on any atom is -0.497 e. The van der Waals surface area contributed by atoms with E-state index in [1.807, 2.05) is 17.0 Å². The number of aromatic nitrogens is 1. The van der Waals surface area contributed by atoms with Crippen molar-refractivity contribution in [3.8, 4) is 5.75 Å². The molecule has 5 rings (SSSR count). The molecule has 5 nitrogen and oxygen atoms in total. The Morgan fingerprint density at radius 3 is 2.60 bits per heavy atom. The van der Waals surface area contributed by atoms with Crippen LogP contribution >= 0.6 is 0 Å². The molecule has 1 saturated carbocycles. The Bertz CT molecular complexity index is 1030. The van der Waals surface area contributed by atoms with Crippen LogP contribution in [-0.2, 0) is 6.42 Å². The number of nitrogens with zero attached hydrogens (tertiary/aromatic N) is 1. The van der Waals surface area contributed by atoms with Crippen molar-refractivity contribution >= 4 is 16.9 Å². The zero-order chi connectivity index (χ0) is 20.5. The van der Waals surface area contributed by atoms with Crippen LogP contribution < -0.4 is 10.1 Å². The fourth-order valence-electron chi connectivity index (χ4n) is 5.10. The highest BCUT2D eigenvalue weighted by molar-refractivity contribution is 5.86. The van der Waals surface area contributed by atoms with Gasteiger partial charge in [-0.05, 0) is 48.6 Å². The van der Waals surface area contributed by atoms with E-state index in [-0.39, 0.29) is 12.1 Å². The van der Waals surface area contributed by atoms with E-state index >= 15 is 0 Å². The van der Waals surface area contributed by atoms with Gasteiger partial charge in [-0.1, -0.05) is 49.6 Å². The molecule has 0 bridgehead atoms. The number of urea groups is 1. The molecule has 1 atom stereocenters. The number of amides is 2. The van der Waals surface area contributed by atoms with Crippen molar-refractivity contribution in [3.63, 3.8) is 0 Å². The maximum atomic E-state index is 13.4. The number of methoxy groups -OCH3 is 1. The van der Waals surface area contributed by atoms with Gasteiger partial charge in [0.25, 0.3) is 0 Å². The van der Waals surface area contributed by atoms with Gasteiger partial charge in [0.2, 0.25) is 0 Å². The lowest BCUT2D eigenvalue weighted by atomic mass is 9.92. The number of para-hydroxylation sites is 1. The third-order valence-corrected chi connectivity index (χ3v) is 6.66. The fourth-order valence-corrected chi connectivity index (χ4v) is 5.10. The molecule has 0 saturated heterocycles. The lowest BCUT2D eigenvalue weighted by Gasteiger charge is -2.37. The SMILES string of the molecule is COc1ccc(C2c3[nH]c4ccccc4c3CCN2C(=O)NC2CCCCC2)cc1. The van der Waals surface area contributed by atoms with Crippen molar-refractivity contribution < 1.29 is 9.53 Å². The average Bonchev–Trinajstić information content (AvgIpc) is 3.18. The first-order chi connectivity index (χ1) is 14.7. The highest BCUT2D eigenvalue weighted by Crippen LogP contribution is 2.39. The largest absolute Gasteiger partial charge is 0.497 e. The summed E-state index contributed by atoms with van der Waals surface area (Å²) in [5.74, 6) is 0.824. The topological polar surface area (TPSA) is 57.4 Å². The van der Waals surface area contributed by atoms with Gasteiger partial charge in [0.05, 0.1) is 13.2 Å². The zero-order valence-electron chi connectivity index (χ0n) is 17.5. The van der Waals surface area contributed by atoms with Crippen LogP contribution in [0.2, 0.25) is 0 Å². The van der Waals surface area contributed by atoms with E-state index in [0.29, 0.717) is 12.6 Å².